The zero-order valence-corrected chi connectivity index (χ0v) is 22.7. The molecule has 0 bridgehead atoms. The Labute approximate surface area is 226 Å². The maximum absolute atomic E-state index is 14.1. The van der Waals surface area contributed by atoms with Gasteiger partial charge in [-0.2, -0.15) is 0 Å². The number of amides is 2. The van der Waals surface area contributed by atoms with Crippen molar-refractivity contribution in [2.24, 2.45) is 0 Å². The lowest BCUT2D eigenvalue weighted by Gasteiger charge is -2.14. The Morgan fingerprint density at radius 3 is 2.35 bits per heavy atom. The van der Waals surface area contributed by atoms with Crippen molar-refractivity contribution in [3.05, 3.63) is 101 Å². The molecule has 0 unspecified atom stereocenters. The van der Waals surface area contributed by atoms with Crippen molar-refractivity contribution >= 4 is 84.0 Å². The Morgan fingerprint density at radius 2 is 1.68 bits per heavy atom. The van der Waals surface area contributed by atoms with E-state index in [9.17, 15) is 14.0 Å². The second kappa shape index (κ2) is 10.8. The lowest BCUT2D eigenvalue weighted by atomic mass is 10.2. The fourth-order valence-corrected chi connectivity index (χ4v) is 5.90. The molecule has 3 aromatic carbocycles. The zero-order chi connectivity index (χ0) is 24.4. The summed E-state index contributed by atoms with van der Waals surface area (Å²) in [5, 5.41) is 0.274. The summed E-state index contributed by atoms with van der Waals surface area (Å²) >= 11 is 20.0. The minimum Gasteiger partial charge on any atom is -0.486 e. The van der Waals surface area contributed by atoms with Gasteiger partial charge in [-0.25, -0.2) is 4.39 Å². The van der Waals surface area contributed by atoms with Gasteiger partial charge in [0.25, 0.3) is 11.1 Å². The van der Waals surface area contributed by atoms with Crippen molar-refractivity contribution in [3.63, 3.8) is 0 Å². The van der Waals surface area contributed by atoms with E-state index in [0.29, 0.717) is 25.3 Å². The Kier molecular flexibility index (Phi) is 8.05. The maximum atomic E-state index is 14.1. The molecule has 0 saturated carbocycles. The molecule has 174 valence electrons. The largest absolute Gasteiger partial charge is 0.486 e. The standard InChI is InChI=1S/C24H14Br2Cl2FNO3S/c25-16-8-13(9-17(26)22(16)33-12-14-4-1-2-5-18(14)27)10-21-23(31)30(24(32)34-21)11-15-19(28)6-3-7-20(15)29/h1-10H,11-12H2. The first-order valence-corrected chi connectivity index (χ1v) is 12.9. The van der Waals surface area contributed by atoms with Crippen molar-refractivity contribution in [2.45, 2.75) is 13.2 Å². The predicted molar refractivity (Wildman–Crippen MR) is 141 cm³/mol. The normalized spacial score (nSPS) is 14.9. The average Bonchev–Trinajstić information content (AvgIpc) is 3.04. The molecule has 0 atom stereocenters. The Morgan fingerprint density at radius 1 is 1.00 bits per heavy atom. The number of carbonyl (C=O) groups is 2. The van der Waals surface area contributed by atoms with Gasteiger partial charge in [0.1, 0.15) is 18.2 Å². The number of halogens is 5. The molecule has 0 radical (unpaired) electrons. The minimum absolute atomic E-state index is 0.0956. The third-order valence-electron chi connectivity index (χ3n) is 4.90. The summed E-state index contributed by atoms with van der Waals surface area (Å²) in [6, 6.07) is 15.2. The van der Waals surface area contributed by atoms with E-state index in [-0.39, 0.29) is 28.6 Å². The van der Waals surface area contributed by atoms with Gasteiger partial charge < -0.3 is 4.74 Å². The van der Waals surface area contributed by atoms with Crippen LogP contribution in [-0.2, 0) is 17.9 Å². The monoisotopic (exact) mass is 643 g/mol. The molecule has 34 heavy (non-hydrogen) atoms. The van der Waals surface area contributed by atoms with Crippen molar-refractivity contribution in [1.29, 1.82) is 0 Å². The molecule has 1 fully saturated rings. The van der Waals surface area contributed by atoms with Gasteiger partial charge in [-0.1, -0.05) is 47.5 Å². The number of hydrogen-bond donors (Lipinski definition) is 0. The lowest BCUT2D eigenvalue weighted by molar-refractivity contribution is -0.123. The SMILES string of the molecule is O=C1SC(=Cc2cc(Br)c(OCc3ccccc3Cl)c(Br)c2)C(=O)N1Cc1c(F)cccc1Cl. The van der Waals surface area contributed by atoms with E-state index < -0.39 is 17.0 Å². The molecule has 10 heteroatoms. The third kappa shape index (κ3) is 5.52. The van der Waals surface area contributed by atoms with Crippen molar-refractivity contribution < 1.29 is 18.7 Å². The van der Waals surface area contributed by atoms with Crippen LogP contribution in [0.3, 0.4) is 0 Å². The fraction of sp³-hybridized carbons (Fsp3) is 0.0833. The van der Waals surface area contributed by atoms with Crippen molar-refractivity contribution in [1.82, 2.24) is 4.90 Å². The van der Waals surface area contributed by atoms with Crippen LogP contribution in [0.2, 0.25) is 10.0 Å². The van der Waals surface area contributed by atoms with Crippen LogP contribution < -0.4 is 4.74 Å². The maximum Gasteiger partial charge on any atom is 0.293 e. The highest BCUT2D eigenvalue weighted by molar-refractivity contribution is 9.11. The number of imide groups is 1. The summed E-state index contributed by atoms with van der Waals surface area (Å²) < 4.78 is 21.4. The molecule has 0 aliphatic carbocycles. The summed E-state index contributed by atoms with van der Waals surface area (Å²) in [7, 11) is 0. The number of hydrogen-bond acceptors (Lipinski definition) is 4. The fourth-order valence-electron chi connectivity index (χ4n) is 3.20. The highest BCUT2D eigenvalue weighted by atomic mass is 79.9. The highest BCUT2D eigenvalue weighted by Gasteiger charge is 2.36. The van der Waals surface area contributed by atoms with E-state index in [4.69, 9.17) is 27.9 Å². The molecule has 1 saturated heterocycles. The van der Waals surface area contributed by atoms with E-state index in [1.807, 2.05) is 18.2 Å². The number of rotatable bonds is 6. The van der Waals surface area contributed by atoms with Crippen molar-refractivity contribution in [2.75, 3.05) is 0 Å². The summed E-state index contributed by atoms with van der Waals surface area (Å²) in [4.78, 5) is 26.5. The zero-order valence-electron chi connectivity index (χ0n) is 17.2. The quantitative estimate of drug-likeness (QED) is 0.252. The van der Waals surface area contributed by atoms with Crippen LogP contribution in [0.1, 0.15) is 16.7 Å². The Hall–Kier alpha value is -1.84. The molecule has 1 aliphatic rings. The summed E-state index contributed by atoms with van der Waals surface area (Å²) in [5.74, 6) is -0.518. The van der Waals surface area contributed by atoms with Crippen LogP contribution in [-0.4, -0.2) is 16.0 Å². The van der Waals surface area contributed by atoms with Gasteiger partial charge in [-0.05, 0) is 85.6 Å². The van der Waals surface area contributed by atoms with E-state index in [0.717, 1.165) is 22.2 Å². The first-order valence-electron chi connectivity index (χ1n) is 9.78. The molecule has 2 amide bonds. The van der Waals surface area contributed by atoms with Gasteiger partial charge in [-0.3, -0.25) is 14.5 Å². The average molecular weight is 646 g/mol. The molecular weight excluding hydrogens is 632 g/mol. The summed E-state index contributed by atoms with van der Waals surface area (Å²) in [6.07, 6.45) is 1.60. The lowest BCUT2D eigenvalue weighted by Crippen LogP contribution is -2.28. The first-order chi connectivity index (χ1) is 16.2. The topological polar surface area (TPSA) is 46.6 Å². The molecule has 3 aromatic rings. The molecular formula is C24H14Br2Cl2FNO3S. The number of nitrogens with zero attached hydrogens (tertiary/aromatic N) is 1. The van der Waals surface area contributed by atoms with Gasteiger partial charge in [0.15, 0.2) is 0 Å². The molecule has 4 rings (SSSR count). The number of carbonyl (C=O) groups excluding carboxylic acids is 2. The summed E-state index contributed by atoms with van der Waals surface area (Å²) in [5.41, 5.74) is 1.60. The van der Waals surface area contributed by atoms with Crippen LogP contribution in [0.5, 0.6) is 5.75 Å². The van der Waals surface area contributed by atoms with Gasteiger partial charge in [0, 0.05) is 21.2 Å². The first kappa shape index (κ1) is 25.3. The predicted octanol–water partition coefficient (Wildman–Crippen LogP) is 8.47. The Balaban J connectivity index is 1.53. The third-order valence-corrected chi connectivity index (χ3v) is 7.71. The Bertz CT molecular complexity index is 1290. The van der Waals surface area contributed by atoms with E-state index >= 15 is 0 Å². The molecule has 0 spiro atoms. The minimum atomic E-state index is -0.573. The van der Waals surface area contributed by atoms with Crippen LogP contribution in [0.4, 0.5) is 9.18 Å². The van der Waals surface area contributed by atoms with Gasteiger partial charge in [0.2, 0.25) is 0 Å². The smallest absolute Gasteiger partial charge is 0.293 e. The number of benzene rings is 3. The van der Waals surface area contributed by atoms with Gasteiger partial charge in [-0.15, -0.1) is 0 Å². The molecule has 0 aromatic heterocycles. The van der Waals surface area contributed by atoms with E-state index in [2.05, 4.69) is 31.9 Å². The van der Waals surface area contributed by atoms with Crippen LogP contribution >= 0.6 is 66.8 Å². The molecule has 1 heterocycles. The number of thioether (sulfide) groups is 1. The van der Waals surface area contributed by atoms with E-state index in [1.54, 1.807) is 24.3 Å². The number of ether oxygens (including phenoxy) is 1. The van der Waals surface area contributed by atoms with Gasteiger partial charge in [0.05, 0.1) is 20.4 Å². The van der Waals surface area contributed by atoms with Gasteiger partial charge >= 0.3 is 0 Å². The summed E-state index contributed by atoms with van der Waals surface area (Å²) in [6.45, 7) is 0.0312. The molecule has 4 nitrogen and oxygen atoms in total. The van der Waals surface area contributed by atoms with Crippen LogP contribution in [0.15, 0.2) is 68.4 Å². The second-order valence-corrected chi connectivity index (χ2v) is 10.7. The van der Waals surface area contributed by atoms with Crippen molar-refractivity contribution in [3.8, 4) is 5.75 Å². The highest BCUT2D eigenvalue weighted by Crippen LogP contribution is 2.39. The molecule has 1 aliphatic heterocycles. The van der Waals surface area contributed by atoms with E-state index in [1.165, 1.54) is 18.2 Å². The molecule has 0 N–H and O–H groups in total. The van der Waals surface area contributed by atoms with Crippen LogP contribution in [0, 0.1) is 5.82 Å². The van der Waals surface area contributed by atoms with Crippen LogP contribution in [0.25, 0.3) is 6.08 Å². The second-order valence-electron chi connectivity index (χ2n) is 7.16.